The zero-order chi connectivity index (χ0) is 10.8. The van der Waals surface area contributed by atoms with Gasteiger partial charge in [0.1, 0.15) is 16.8 Å². The maximum atomic E-state index is 5.81. The number of anilines is 1. The number of nitrogen functional groups attached to an aromatic ring is 1. The Bertz CT molecular complexity index is 458. The molecule has 0 fully saturated rings. The second kappa shape index (κ2) is 3.90. The Hall–Kier alpha value is -1.55. The van der Waals surface area contributed by atoms with Crippen molar-refractivity contribution >= 4 is 17.4 Å². The van der Waals surface area contributed by atoms with Crippen LogP contribution >= 0.6 is 11.6 Å². The van der Waals surface area contributed by atoms with Gasteiger partial charge in [-0.05, 0) is 24.6 Å². The van der Waals surface area contributed by atoms with Gasteiger partial charge in [0, 0.05) is 18.9 Å². The zero-order valence-corrected chi connectivity index (χ0v) is 9.07. The number of imidazole rings is 1. The standard InChI is InChI=1S/C10H11ClN4/c1-7-13-2-3-15(7)6-8-4-9(11)14-10(12)5-8/h2-5H,6H2,1H3,(H2,12,14). The molecule has 0 saturated carbocycles. The van der Waals surface area contributed by atoms with Crippen LogP contribution in [0.25, 0.3) is 0 Å². The molecule has 2 heterocycles. The lowest BCUT2D eigenvalue weighted by Gasteiger charge is -2.06. The van der Waals surface area contributed by atoms with Crippen LogP contribution < -0.4 is 5.73 Å². The van der Waals surface area contributed by atoms with Crippen molar-refractivity contribution in [2.24, 2.45) is 0 Å². The second-order valence-corrected chi connectivity index (χ2v) is 3.71. The van der Waals surface area contributed by atoms with Crippen molar-refractivity contribution in [2.75, 3.05) is 5.73 Å². The highest BCUT2D eigenvalue weighted by atomic mass is 35.5. The number of pyridine rings is 1. The Morgan fingerprint density at radius 1 is 1.47 bits per heavy atom. The number of hydrogen-bond acceptors (Lipinski definition) is 3. The molecule has 0 spiro atoms. The molecule has 0 aliphatic heterocycles. The molecule has 5 heteroatoms. The summed E-state index contributed by atoms with van der Waals surface area (Å²) in [7, 11) is 0. The summed E-state index contributed by atoms with van der Waals surface area (Å²) in [6, 6.07) is 3.61. The van der Waals surface area contributed by atoms with E-state index in [1.807, 2.05) is 23.8 Å². The molecule has 0 radical (unpaired) electrons. The van der Waals surface area contributed by atoms with E-state index in [0.717, 1.165) is 11.4 Å². The Kier molecular flexibility index (Phi) is 2.60. The summed E-state index contributed by atoms with van der Waals surface area (Å²) >= 11 is 5.81. The summed E-state index contributed by atoms with van der Waals surface area (Å²) in [5.74, 6) is 1.40. The van der Waals surface area contributed by atoms with Crippen molar-refractivity contribution in [3.05, 3.63) is 41.1 Å². The van der Waals surface area contributed by atoms with Crippen LogP contribution in [-0.4, -0.2) is 14.5 Å². The van der Waals surface area contributed by atoms with Crippen molar-refractivity contribution in [1.29, 1.82) is 0 Å². The van der Waals surface area contributed by atoms with Gasteiger partial charge >= 0.3 is 0 Å². The molecule has 0 bridgehead atoms. The van der Waals surface area contributed by atoms with Gasteiger partial charge in [-0.1, -0.05) is 11.6 Å². The van der Waals surface area contributed by atoms with Gasteiger partial charge in [-0.25, -0.2) is 9.97 Å². The first kappa shape index (κ1) is 9.98. The van der Waals surface area contributed by atoms with E-state index in [4.69, 9.17) is 17.3 Å². The highest BCUT2D eigenvalue weighted by Gasteiger charge is 2.01. The summed E-state index contributed by atoms with van der Waals surface area (Å²) in [6.45, 7) is 2.66. The van der Waals surface area contributed by atoms with Crippen LogP contribution in [-0.2, 0) is 6.54 Å². The van der Waals surface area contributed by atoms with Crippen molar-refractivity contribution in [3.8, 4) is 0 Å². The van der Waals surface area contributed by atoms with Crippen molar-refractivity contribution in [1.82, 2.24) is 14.5 Å². The first-order valence-electron chi connectivity index (χ1n) is 4.55. The summed E-state index contributed by atoms with van der Waals surface area (Å²) in [4.78, 5) is 8.05. The van der Waals surface area contributed by atoms with E-state index >= 15 is 0 Å². The smallest absolute Gasteiger partial charge is 0.131 e. The molecule has 2 N–H and O–H groups in total. The van der Waals surface area contributed by atoms with E-state index in [0.29, 0.717) is 17.5 Å². The summed E-state index contributed by atoms with van der Waals surface area (Å²) in [5.41, 5.74) is 6.63. The van der Waals surface area contributed by atoms with E-state index in [1.165, 1.54) is 0 Å². The molecule has 4 nitrogen and oxygen atoms in total. The van der Waals surface area contributed by atoms with Gasteiger partial charge in [0.2, 0.25) is 0 Å². The van der Waals surface area contributed by atoms with Gasteiger partial charge in [0.05, 0.1) is 0 Å². The molecule has 78 valence electrons. The van der Waals surface area contributed by atoms with Crippen LogP contribution in [0.15, 0.2) is 24.5 Å². The third-order valence-electron chi connectivity index (χ3n) is 2.15. The van der Waals surface area contributed by atoms with Gasteiger partial charge in [-0.15, -0.1) is 0 Å². The maximum absolute atomic E-state index is 5.81. The minimum atomic E-state index is 0.419. The van der Waals surface area contributed by atoms with Crippen LogP contribution in [0.1, 0.15) is 11.4 Å². The number of halogens is 1. The molecule has 0 aliphatic rings. The van der Waals surface area contributed by atoms with Crippen LogP contribution in [0.5, 0.6) is 0 Å². The lowest BCUT2D eigenvalue weighted by molar-refractivity contribution is 0.761. The molecule has 0 amide bonds. The van der Waals surface area contributed by atoms with Gasteiger partial charge in [-0.2, -0.15) is 0 Å². The van der Waals surface area contributed by atoms with E-state index < -0.39 is 0 Å². The predicted octanol–water partition coefficient (Wildman–Crippen LogP) is 1.87. The molecule has 2 rings (SSSR count). The van der Waals surface area contributed by atoms with E-state index in [9.17, 15) is 0 Å². The average molecular weight is 223 g/mol. The van der Waals surface area contributed by atoms with Crippen LogP contribution in [0.3, 0.4) is 0 Å². The lowest BCUT2D eigenvalue weighted by Crippen LogP contribution is -2.02. The van der Waals surface area contributed by atoms with E-state index in [-0.39, 0.29) is 0 Å². The number of rotatable bonds is 2. The van der Waals surface area contributed by atoms with Crippen LogP contribution in [0.2, 0.25) is 5.15 Å². The van der Waals surface area contributed by atoms with Crippen molar-refractivity contribution in [2.45, 2.75) is 13.5 Å². The predicted molar refractivity (Wildman–Crippen MR) is 59.7 cm³/mol. The maximum Gasteiger partial charge on any atom is 0.131 e. The molecule has 2 aromatic rings. The lowest BCUT2D eigenvalue weighted by atomic mass is 10.2. The minimum absolute atomic E-state index is 0.419. The normalized spacial score (nSPS) is 10.5. The molecular formula is C10H11ClN4. The highest BCUT2D eigenvalue weighted by molar-refractivity contribution is 6.29. The number of aryl methyl sites for hydroxylation is 1. The molecule has 0 unspecified atom stereocenters. The van der Waals surface area contributed by atoms with Gasteiger partial charge < -0.3 is 10.3 Å². The van der Waals surface area contributed by atoms with E-state index in [1.54, 1.807) is 12.3 Å². The van der Waals surface area contributed by atoms with Gasteiger partial charge in [0.25, 0.3) is 0 Å². The summed E-state index contributed by atoms with van der Waals surface area (Å²) in [5, 5.41) is 0.419. The SMILES string of the molecule is Cc1nccn1Cc1cc(N)nc(Cl)c1. The Labute approximate surface area is 92.7 Å². The molecule has 15 heavy (non-hydrogen) atoms. The van der Waals surface area contributed by atoms with Gasteiger partial charge in [0.15, 0.2) is 0 Å². The van der Waals surface area contributed by atoms with Crippen LogP contribution in [0.4, 0.5) is 5.82 Å². The Morgan fingerprint density at radius 3 is 2.87 bits per heavy atom. The first-order chi connectivity index (χ1) is 7.15. The fourth-order valence-corrected chi connectivity index (χ4v) is 1.67. The zero-order valence-electron chi connectivity index (χ0n) is 8.31. The number of aromatic nitrogens is 3. The van der Waals surface area contributed by atoms with Crippen LogP contribution in [0, 0.1) is 6.92 Å². The first-order valence-corrected chi connectivity index (χ1v) is 4.92. The van der Waals surface area contributed by atoms with E-state index in [2.05, 4.69) is 9.97 Å². The van der Waals surface area contributed by atoms with Crippen molar-refractivity contribution < 1.29 is 0 Å². The highest BCUT2D eigenvalue weighted by Crippen LogP contribution is 2.13. The molecule has 0 aromatic carbocycles. The number of nitrogens with zero attached hydrogens (tertiary/aromatic N) is 3. The molecule has 0 aliphatic carbocycles. The average Bonchev–Trinajstić information content (AvgIpc) is 2.50. The fraction of sp³-hybridized carbons (Fsp3) is 0.200. The Morgan fingerprint density at radius 2 is 2.27 bits per heavy atom. The summed E-state index contributed by atoms with van der Waals surface area (Å²) < 4.78 is 2.02. The molecule has 2 aromatic heterocycles. The Balaban J connectivity index is 2.28. The largest absolute Gasteiger partial charge is 0.384 e. The molecular weight excluding hydrogens is 212 g/mol. The topological polar surface area (TPSA) is 56.7 Å². The minimum Gasteiger partial charge on any atom is -0.384 e. The van der Waals surface area contributed by atoms with Crippen molar-refractivity contribution in [3.63, 3.8) is 0 Å². The number of nitrogens with two attached hydrogens (primary N) is 1. The third kappa shape index (κ3) is 2.27. The number of hydrogen-bond donors (Lipinski definition) is 1. The fourth-order valence-electron chi connectivity index (χ4n) is 1.43. The molecule has 0 saturated heterocycles. The quantitative estimate of drug-likeness (QED) is 0.790. The van der Waals surface area contributed by atoms with Gasteiger partial charge in [-0.3, -0.25) is 0 Å². The monoisotopic (exact) mass is 222 g/mol. The second-order valence-electron chi connectivity index (χ2n) is 3.33. The third-order valence-corrected chi connectivity index (χ3v) is 2.34. The summed E-state index contributed by atoms with van der Waals surface area (Å²) in [6.07, 6.45) is 3.68. The molecule has 0 atom stereocenters.